The summed E-state index contributed by atoms with van der Waals surface area (Å²) in [6.07, 6.45) is 0.412. The summed E-state index contributed by atoms with van der Waals surface area (Å²) in [6, 6.07) is 18.1. The van der Waals surface area contributed by atoms with Crippen LogP contribution in [0.25, 0.3) is 0 Å². The molecular formula is C19H19N5O2. The van der Waals surface area contributed by atoms with E-state index in [2.05, 4.69) is 15.3 Å². The van der Waals surface area contributed by atoms with Crippen LogP contribution in [0.5, 0.6) is 0 Å². The number of nitrogens with zero attached hydrogens (tertiary/aromatic N) is 4. The smallest absolute Gasteiger partial charge is 0.417 e. The molecule has 0 unspecified atom stereocenters. The van der Waals surface area contributed by atoms with E-state index in [0.29, 0.717) is 11.6 Å². The van der Waals surface area contributed by atoms with E-state index in [0.717, 1.165) is 16.3 Å². The second-order valence-electron chi connectivity index (χ2n) is 5.76. The minimum atomic E-state index is -1.12. The number of carbonyl (C=O) groups is 1. The molecule has 0 aliphatic carbocycles. The number of hydrogen-bond acceptors (Lipinski definition) is 5. The van der Waals surface area contributed by atoms with Crippen molar-refractivity contribution in [1.29, 1.82) is 0 Å². The summed E-state index contributed by atoms with van der Waals surface area (Å²) >= 11 is 0. The van der Waals surface area contributed by atoms with Crippen molar-refractivity contribution in [2.24, 2.45) is 0 Å². The predicted molar refractivity (Wildman–Crippen MR) is 103 cm³/mol. The van der Waals surface area contributed by atoms with E-state index < -0.39 is 6.09 Å². The molecule has 0 aliphatic heterocycles. The van der Waals surface area contributed by atoms with Crippen molar-refractivity contribution in [2.75, 3.05) is 29.2 Å². The molecule has 2 N–H and O–H groups in total. The van der Waals surface area contributed by atoms with Crippen LogP contribution >= 0.6 is 0 Å². The Morgan fingerprint density at radius 3 is 2.42 bits per heavy atom. The fraction of sp³-hybridized carbons (Fsp3) is 0.105. The molecule has 0 aliphatic rings. The van der Waals surface area contributed by atoms with E-state index in [9.17, 15) is 9.90 Å². The zero-order chi connectivity index (χ0) is 18.5. The quantitative estimate of drug-likeness (QED) is 0.722. The zero-order valence-corrected chi connectivity index (χ0v) is 14.5. The molecule has 132 valence electrons. The highest BCUT2D eigenvalue weighted by molar-refractivity contribution is 5.93. The average molecular weight is 349 g/mol. The number of anilines is 5. The summed E-state index contributed by atoms with van der Waals surface area (Å²) in [5.41, 5.74) is 2.36. The Morgan fingerprint density at radius 1 is 1.00 bits per heavy atom. The minimum Gasteiger partial charge on any atom is -0.464 e. The monoisotopic (exact) mass is 349 g/mol. The van der Waals surface area contributed by atoms with Gasteiger partial charge in [-0.15, -0.1) is 0 Å². The number of aromatic nitrogens is 2. The highest BCUT2D eigenvalue weighted by atomic mass is 16.4. The Kier molecular flexibility index (Phi) is 4.98. The summed E-state index contributed by atoms with van der Waals surface area (Å²) in [5, 5.41) is 12.7. The van der Waals surface area contributed by atoms with Gasteiger partial charge in [-0.3, -0.25) is 0 Å². The molecule has 0 atom stereocenters. The maximum atomic E-state index is 11.7. The van der Waals surface area contributed by atoms with Gasteiger partial charge in [0, 0.05) is 37.7 Å². The lowest BCUT2D eigenvalue weighted by Crippen LogP contribution is -2.24. The normalized spacial score (nSPS) is 10.2. The highest BCUT2D eigenvalue weighted by Crippen LogP contribution is 2.25. The standard InChI is InChI=1S/C19H19N5O2/c1-23(2)16-10-6-7-14(13-16)21-18-20-12-11-17(22-18)24(19(25)26)15-8-4-3-5-9-15/h3-13H,1-2H3,(H,25,26)(H,20,21,22). The van der Waals surface area contributed by atoms with Crippen LogP contribution in [0, 0.1) is 0 Å². The van der Waals surface area contributed by atoms with Crippen LogP contribution in [0.3, 0.4) is 0 Å². The Bertz CT molecular complexity index is 899. The van der Waals surface area contributed by atoms with E-state index in [1.165, 1.54) is 6.20 Å². The van der Waals surface area contributed by atoms with Gasteiger partial charge >= 0.3 is 6.09 Å². The first-order valence-electron chi connectivity index (χ1n) is 8.00. The Balaban J connectivity index is 1.90. The molecule has 2 aromatic carbocycles. The number of nitrogens with one attached hydrogen (secondary N) is 1. The van der Waals surface area contributed by atoms with Crippen LogP contribution in [0.4, 0.5) is 33.6 Å². The first kappa shape index (κ1) is 17.2. The van der Waals surface area contributed by atoms with Gasteiger partial charge in [-0.05, 0) is 30.3 Å². The van der Waals surface area contributed by atoms with E-state index in [1.807, 2.05) is 49.3 Å². The van der Waals surface area contributed by atoms with Crippen molar-refractivity contribution < 1.29 is 9.90 Å². The fourth-order valence-corrected chi connectivity index (χ4v) is 2.44. The maximum absolute atomic E-state index is 11.7. The van der Waals surface area contributed by atoms with Gasteiger partial charge in [0.15, 0.2) is 0 Å². The second-order valence-corrected chi connectivity index (χ2v) is 5.76. The summed E-state index contributed by atoms with van der Waals surface area (Å²) in [4.78, 5) is 23.4. The van der Waals surface area contributed by atoms with Gasteiger partial charge in [0.25, 0.3) is 0 Å². The molecule has 3 aromatic rings. The summed E-state index contributed by atoms with van der Waals surface area (Å²) < 4.78 is 0. The van der Waals surface area contributed by atoms with Gasteiger partial charge < -0.3 is 15.3 Å². The zero-order valence-electron chi connectivity index (χ0n) is 14.5. The average Bonchev–Trinajstić information content (AvgIpc) is 2.63. The van der Waals surface area contributed by atoms with Crippen molar-refractivity contribution in [3.8, 4) is 0 Å². The topological polar surface area (TPSA) is 81.6 Å². The molecule has 1 heterocycles. The third kappa shape index (κ3) is 3.89. The van der Waals surface area contributed by atoms with Crippen molar-refractivity contribution >= 4 is 34.9 Å². The van der Waals surface area contributed by atoms with Gasteiger partial charge in [0.2, 0.25) is 5.95 Å². The first-order chi connectivity index (χ1) is 12.5. The molecule has 7 nitrogen and oxygen atoms in total. The number of hydrogen-bond donors (Lipinski definition) is 2. The van der Waals surface area contributed by atoms with Crippen molar-refractivity contribution in [3.63, 3.8) is 0 Å². The molecule has 0 spiro atoms. The van der Waals surface area contributed by atoms with Gasteiger partial charge in [0.05, 0.1) is 5.69 Å². The third-order valence-corrected chi connectivity index (χ3v) is 3.69. The molecule has 3 rings (SSSR count). The lowest BCUT2D eigenvalue weighted by Gasteiger charge is -2.19. The predicted octanol–water partition coefficient (Wildman–Crippen LogP) is 4.10. The molecule has 0 saturated carbocycles. The van der Waals surface area contributed by atoms with E-state index in [1.54, 1.807) is 30.3 Å². The molecule has 0 fully saturated rings. The van der Waals surface area contributed by atoms with E-state index in [4.69, 9.17) is 0 Å². The summed E-state index contributed by atoms with van der Waals surface area (Å²) in [6.45, 7) is 0. The molecule has 0 radical (unpaired) electrons. The minimum absolute atomic E-state index is 0.268. The van der Waals surface area contributed by atoms with Gasteiger partial charge in [-0.1, -0.05) is 24.3 Å². The molecule has 1 amide bonds. The molecular weight excluding hydrogens is 330 g/mol. The third-order valence-electron chi connectivity index (χ3n) is 3.69. The number of amides is 1. The second kappa shape index (κ2) is 7.52. The van der Waals surface area contributed by atoms with Crippen molar-refractivity contribution in [3.05, 3.63) is 66.9 Å². The highest BCUT2D eigenvalue weighted by Gasteiger charge is 2.18. The van der Waals surface area contributed by atoms with Crippen LogP contribution in [0.15, 0.2) is 66.9 Å². The van der Waals surface area contributed by atoms with Gasteiger partial charge in [0.1, 0.15) is 5.82 Å². The van der Waals surface area contributed by atoms with E-state index in [-0.39, 0.29) is 5.82 Å². The van der Waals surface area contributed by atoms with Crippen LogP contribution in [0.2, 0.25) is 0 Å². The number of carboxylic acid groups (broad SMARTS) is 1. The van der Waals surface area contributed by atoms with Crippen molar-refractivity contribution in [2.45, 2.75) is 0 Å². The Hall–Kier alpha value is -3.61. The Labute approximate surface area is 151 Å². The summed E-state index contributed by atoms with van der Waals surface area (Å²) in [5.74, 6) is 0.588. The van der Waals surface area contributed by atoms with Crippen LogP contribution < -0.4 is 15.1 Å². The lowest BCUT2D eigenvalue weighted by molar-refractivity contribution is 0.204. The molecule has 7 heteroatoms. The van der Waals surface area contributed by atoms with Gasteiger partial charge in [-0.25, -0.2) is 14.7 Å². The van der Waals surface area contributed by atoms with Crippen LogP contribution in [-0.4, -0.2) is 35.3 Å². The SMILES string of the molecule is CN(C)c1cccc(Nc2nccc(N(C(=O)O)c3ccccc3)n2)c1. The van der Waals surface area contributed by atoms with Crippen LogP contribution in [-0.2, 0) is 0 Å². The van der Waals surface area contributed by atoms with Crippen molar-refractivity contribution in [1.82, 2.24) is 9.97 Å². The Morgan fingerprint density at radius 2 is 1.73 bits per heavy atom. The number of benzene rings is 2. The summed E-state index contributed by atoms with van der Waals surface area (Å²) in [7, 11) is 3.92. The van der Waals surface area contributed by atoms with E-state index >= 15 is 0 Å². The molecule has 0 bridgehead atoms. The first-order valence-corrected chi connectivity index (χ1v) is 8.00. The largest absolute Gasteiger partial charge is 0.464 e. The number of rotatable bonds is 5. The maximum Gasteiger partial charge on any atom is 0.417 e. The fourth-order valence-electron chi connectivity index (χ4n) is 2.44. The number of para-hydroxylation sites is 1. The lowest BCUT2D eigenvalue weighted by atomic mass is 10.2. The molecule has 0 saturated heterocycles. The molecule has 26 heavy (non-hydrogen) atoms. The van der Waals surface area contributed by atoms with Crippen LogP contribution in [0.1, 0.15) is 0 Å². The molecule has 1 aromatic heterocycles. The van der Waals surface area contributed by atoms with Gasteiger partial charge in [-0.2, -0.15) is 4.98 Å².